The number of thiophene rings is 1. The second-order valence-electron chi connectivity index (χ2n) is 3.49. The van der Waals surface area contributed by atoms with Crippen molar-refractivity contribution in [2.24, 2.45) is 0 Å². The summed E-state index contributed by atoms with van der Waals surface area (Å²) >= 11 is 1.20. The highest BCUT2D eigenvalue weighted by molar-refractivity contribution is 7.12. The van der Waals surface area contributed by atoms with Crippen molar-refractivity contribution >= 4 is 17.3 Å². The lowest BCUT2D eigenvalue weighted by Crippen LogP contribution is -2.17. The van der Waals surface area contributed by atoms with Gasteiger partial charge in [-0.15, -0.1) is 11.3 Å². The molecule has 2 heterocycles. The molecule has 0 saturated carbocycles. The fourth-order valence-corrected chi connectivity index (χ4v) is 2.32. The van der Waals surface area contributed by atoms with Gasteiger partial charge in [0.05, 0.1) is 13.2 Å². The van der Waals surface area contributed by atoms with Gasteiger partial charge in [-0.05, 0) is 12.3 Å². The fourth-order valence-electron chi connectivity index (χ4n) is 1.50. The minimum atomic E-state index is -0.929. The molecule has 1 aliphatic rings. The third-order valence-corrected chi connectivity index (χ3v) is 3.35. The predicted octanol–water partition coefficient (Wildman–Crippen LogP) is 1.92. The van der Waals surface area contributed by atoms with E-state index in [0.717, 1.165) is 12.0 Å². The van der Waals surface area contributed by atoms with E-state index in [2.05, 4.69) is 0 Å². The van der Waals surface area contributed by atoms with Crippen molar-refractivity contribution in [3.8, 4) is 5.75 Å². The van der Waals surface area contributed by atoms with Crippen LogP contribution in [-0.4, -0.2) is 30.4 Å². The number of carboxylic acid groups (broad SMARTS) is 1. The van der Waals surface area contributed by atoms with Crippen LogP contribution in [-0.2, 0) is 4.74 Å². The molecule has 2 rings (SSSR count). The van der Waals surface area contributed by atoms with E-state index in [-0.39, 0.29) is 11.0 Å². The van der Waals surface area contributed by atoms with Crippen LogP contribution in [0.2, 0.25) is 0 Å². The molecule has 1 aromatic rings. The van der Waals surface area contributed by atoms with Crippen LogP contribution in [0.5, 0.6) is 5.75 Å². The third kappa shape index (κ3) is 2.13. The van der Waals surface area contributed by atoms with Crippen LogP contribution in [0.25, 0.3) is 0 Å². The predicted molar refractivity (Wildman–Crippen MR) is 55.9 cm³/mol. The highest BCUT2D eigenvalue weighted by Gasteiger charge is 2.23. The van der Waals surface area contributed by atoms with E-state index < -0.39 is 5.97 Å². The first kappa shape index (κ1) is 10.4. The number of hydrogen-bond acceptors (Lipinski definition) is 4. The molecule has 4 nitrogen and oxygen atoms in total. The lowest BCUT2D eigenvalue weighted by molar-refractivity contribution is 0.0693. The van der Waals surface area contributed by atoms with Gasteiger partial charge in [-0.3, -0.25) is 0 Å². The van der Waals surface area contributed by atoms with Gasteiger partial charge >= 0.3 is 5.97 Å². The van der Waals surface area contributed by atoms with Crippen molar-refractivity contribution in [3.63, 3.8) is 0 Å². The average Bonchev–Trinajstić information content (AvgIpc) is 2.78. The van der Waals surface area contributed by atoms with E-state index in [9.17, 15) is 4.79 Å². The van der Waals surface area contributed by atoms with Crippen LogP contribution in [0.15, 0.2) is 5.38 Å². The number of hydrogen-bond donors (Lipinski definition) is 1. The van der Waals surface area contributed by atoms with E-state index in [1.54, 1.807) is 5.38 Å². The molecule has 0 aromatic carbocycles. The molecule has 0 spiro atoms. The molecule has 1 fully saturated rings. The maximum absolute atomic E-state index is 10.9. The largest absolute Gasteiger partial charge is 0.486 e. The quantitative estimate of drug-likeness (QED) is 0.858. The van der Waals surface area contributed by atoms with Crippen molar-refractivity contribution in [1.82, 2.24) is 0 Å². The fraction of sp³-hybridized carbons (Fsp3) is 0.500. The molecule has 5 heteroatoms. The van der Waals surface area contributed by atoms with Crippen LogP contribution in [0.4, 0.5) is 0 Å². The van der Waals surface area contributed by atoms with E-state index in [0.29, 0.717) is 19.0 Å². The molecule has 0 amide bonds. The summed E-state index contributed by atoms with van der Waals surface area (Å²) in [5.41, 5.74) is 0.879. The zero-order valence-corrected chi connectivity index (χ0v) is 9.17. The summed E-state index contributed by atoms with van der Waals surface area (Å²) in [5.74, 6) is -0.426. The van der Waals surface area contributed by atoms with E-state index in [1.807, 2.05) is 6.92 Å². The maximum atomic E-state index is 10.9. The highest BCUT2D eigenvalue weighted by atomic mass is 32.1. The first-order chi connectivity index (χ1) is 7.18. The topological polar surface area (TPSA) is 55.8 Å². The van der Waals surface area contributed by atoms with Crippen LogP contribution in [0.1, 0.15) is 21.7 Å². The van der Waals surface area contributed by atoms with Crippen LogP contribution < -0.4 is 4.74 Å². The molecular formula is C10H12O4S. The molecule has 0 bridgehead atoms. The van der Waals surface area contributed by atoms with Gasteiger partial charge in [0.2, 0.25) is 0 Å². The Hall–Kier alpha value is -1.07. The standard InChI is InChI=1S/C10H12O4S/c1-6-5-15-9(10(11)12)8(6)14-7-2-3-13-4-7/h5,7H,2-4H2,1H3,(H,11,12). The van der Waals surface area contributed by atoms with Crippen molar-refractivity contribution < 1.29 is 19.4 Å². The van der Waals surface area contributed by atoms with Crippen LogP contribution >= 0.6 is 11.3 Å². The SMILES string of the molecule is Cc1csc(C(=O)O)c1OC1CCOC1. The number of carbonyl (C=O) groups is 1. The molecule has 1 saturated heterocycles. The monoisotopic (exact) mass is 228 g/mol. The highest BCUT2D eigenvalue weighted by Crippen LogP contribution is 2.31. The van der Waals surface area contributed by atoms with Crippen molar-refractivity contribution in [3.05, 3.63) is 15.8 Å². The molecule has 82 valence electrons. The van der Waals surface area contributed by atoms with Gasteiger partial charge in [0, 0.05) is 12.0 Å². The van der Waals surface area contributed by atoms with Crippen molar-refractivity contribution in [1.29, 1.82) is 0 Å². The third-order valence-electron chi connectivity index (χ3n) is 2.28. The first-order valence-corrected chi connectivity index (χ1v) is 5.62. The summed E-state index contributed by atoms with van der Waals surface area (Å²) in [6.07, 6.45) is 0.824. The molecule has 1 atom stereocenters. The Bertz CT molecular complexity index is 365. The number of carboxylic acids is 1. The zero-order valence-electron chi connectivity index (χ0n) is 8.36. The first-order valence-electron chi connectivity index (χ1n) is 4.74. The Morgan fingerprint density at radius 2 is 2.53 bits per heavy atom. The van der Waals surface area contributed by atoms with Gasteiger partial charge in [-0.25, -0.2) is 4.79 Å². The van der Waals surface area contributed by atoms with Gasteiger partial charge in [0.1, 0.15) is 11.9 Å². The molecular weight excluding hydrogens is 216 g/mol. The van der Waals surface area contributed by atoms with Gasteiger partial charge < -0.3 is 14.6 Å². The Balaban J connectivity index is 2.18. The minimum Gasteiger partial charge on any atom is -0.486 e. The summed E-state index contributed by atoms with van der Waals surface area (Å²) in [6.45, 7) is 3.10. The summed E-state index contributed by atoms with van der Waals surface area (Å²) in [4.78, 5) is 11.2. The number of aromatic carboxylic acids is 1. The van der Waals surface area contributed by atoms with Gasteiger partial charge in [-0.2, -0.15) is 0 Å². The zero-order chi connectivity index (χ0) is 10.8. The molecule has 0 radical (unpaired) electrons. The Labute approximate surface area is 91.4 Å². The molecule has 1 aromatic heterocycles. The summed E-state index contributed by atoms with van der Waals surface area (Å²) < 4.78 is 10.8. The number of ether oxygens (including phenoxy) is 2. The molecule has 15 heavy (non-hydrogen) atoms. The second-order valence-corrected chi connectivity index (χ2v) is 4.37. The maximum Gasteiger partial charge on any atom is 0.349 e. The van der Waals surface area contributed by atoms with Crippen molar-refractivity contribution in [2.75, 3.05) is 13.2 Å². The molecule has 1 unspecified atom stereocenters. The number of aryl methyl sites for hydroxylation is 1. The van der Waals surface area contributed by atoms with E-state index in [1.165, 1.54) is 11.3 Å². The second kappa shape index (κ2) is 4.20. The van der Waals surface area contributed by atoms with E-state index in [4.69, 9.17) is 14.6 Å². The smallest absolute Gasteiger partial charge is 0.349 e. The van der Waals surface area contributed by atoms with E-state index >= 15 is 0 Å². The average molecular weight is 228 g/mol. The summed E-state index contributed by atoms with van der Waals surface area (Å²) in [5, 5.41) is 10.8. The Morgan fingerprint density at radius 3 is 3.13 bits per heavy atom. The lowest BCUT2D eigenvalue weighted by Gasteiger charge is -2.12. The molecule has 1 N–H and O–H groups in total. The van der Waals surface area contributed by atoms with Gasteiger partial charge in [0.15, 0.2) is 4.88 Å². The van der Waals surface area contributed by atoms with Gasteiger partial charge in [-0.1, -0.05) is 0 Å². The molecule has 1 aliphatic heterocycles. The number of rotatable bonds is 3. The van der Waals surface area contributed by atoms with Crippen molar-refractivity contribution in [2.45, 2.75) is 19.4 Å². The normalized spacial score (nSPS) is 20.5. The van der Waals surface area contributed by atoms with Crippen LogP contribution in [0, 0.1) is 6.92 Å². The molecule has 0 aliphatic carbocycles. The minimum absolute atomic E-state index is 0.00333. The lowest BCUT2D eigenvalue weighted by atomic mass is 10.2. The Kier molecular flexibility index (Phi) is 2.93. The Morgan fingerprint density at radius 1 is 1.73 bits per heavy atom. The summed E-state index contributed by atoms with van der Waals surface area (Å²) in [7, 11) is 0. The van der Waals surface area contributed by atoms with Gasteiger partial charge in [0.25, 0.3) is 0 Å². The van der Waals surface area contributed by atoms with Crippen LogP contribution in [0.3, 0.4) is 0 Å². The summed E-state index contributed by atoms with van der Waals surface area (Å²) in [6, 6.07) is 0.